The minimum absolute atomic E-state index is 0.0752. The van der Waals surface area contributed by atoms with Crippen LogP contribution in [0.1, 0.15) is 38.5 Å². The third-order valence-electron chi connectivity index (χ3n) is 6.44. The number of anilines is 1. The summed E-state index contributed by atoms with van der Waals surface area (Å²) in [7, 11) is 3.75. The van der Waals surface area contributed by atoms with Crippen molar-refractivity contribution in [2.45, 2.75) is 19.0 Å². The molecule has 3 aromatic carbocycles. The molecule has 36 heavy (non-hydrogen) atoms. The number of hydrogen-bond acceptors (Lipinski definition) is 5. The van der Waals surface area contributed by atoms with Gasteiger partial charge in [0, 0.05) is 18.8 Å². The monoisotopic (exact) mass is 482 g/mol. The van der Waals surface area contributed by atoms with Crippen molar-refractivity contribution in [2.75, 3.05) is 26.0 Å². The number of aliphatic imine (C=N–C) groups is 1. The number of aromatic carboxylic acids is 1. The number of rotatable bonds is 6. The molecule has 0 fully saturated rings. The van der Waals surface area contributed by atoms with Gasteiger partial charge in [-0.2, -0.15) is 0 Å². The molecule has 0 radical (unpaired) electrons. The summed E-state index contributed by atoms with van der Waals surface area (Å²) in [4.78, 5) is 45.7. The van der Waals surface area contributed by atoms with Crippen LogP contribution in [0.4, 0.5) is 11.4 Å². The van der Waals surface area contributed by atoms with Crippen molar-refractivity contribution in [3.05, 3.63) is 94.5 Å². The van der Waals surface area contributed by atoms with Crippen LogP contribution < -0.4 is 5.32 Å². The molecular formula is C28H26N4O4. The molecule has 0 spiro atoms. The number of carboxylic acids is 1. The van der Waals surface area contributed by atoms with Crippen LogP contribution in [-0.4, -0.2) is 59.0 Å². The molecule has 2 heterocycles. The predicted octanol–water partition coefficient (Wildman–Crippen LogP) is 3.65. The summed E-state index contributed by atoms with van der Waals surface area (Å²) in [5, 5.41) is 12.2. The second-order valence-electron chi connectivity index (χ2n) is 9.33. The second kappa shape index (κ2) is 9.39. The van der Waals surface area contributed by atoms with Crippen LogP contribution >= 0.6 is 0 Å². The van der Waals surface area contributed by atoms with Crippen LogP contribution in [0.3, 0.4) is 0 Å². The van der Waals surface area contributed by atoms with Gasteiger partial charge >= 0.3 is 5.97 Å². The highest BCUT2D eigenvalue weighted by Crippen LogP contribution is 2.37. The van der Waals surface area contributed by atoms with E-state index in [0.29, 0.717) is 42.3 Å². The maximum Gasteiger partial charge on any atom is 0.335 e. The van der Waals surface area contributed by atoms with Crippen molar-refractivity contribution in [1.29, 1.82) is 0 Å². The largest absolute Gasteiger partial charge is 0.478 e. The van der Waals surface area contributed by atoms with Crippen molar-refractivity contribution in [3.8, 4) is 0 Å². The Morgan fingerprint density at radius 1 is 1.00 bits per heavy atom. The van der Waals surface area contributed by atoms with Crippen molar-refractivity contribution < 1.29 is 19.5 Å². The van der Waals surface area contributed by atoms with Crippen LogP contribution in [0.25, 0.3) is 0 Å². The quantitative estimate of drug-likeness (QED) is 0.522. The highest BCUT2D eigenvalue weighted by Gasteiger charge is 2.36. The lowest BCUT2D eigenvalue weighted by Crippen LogP contribution is -2.34. The minimum atomic E-state index is -1.05. The van der Waals surface area contributed by atoms with E-state index in [2.05, 4.69) is 5.32 Å². The molecule has 1 atom stereocenters. The second-order valence-corrected chi connectivity index (χ2v) is 9.33. The molecule has 0 aliphatic carbocycles. The van der Waals surface area contributed by atoms with Gasteiger partial charge in [-0.3, -0.25) is 14.6 Å². The van der Waals surface area contributed by atoms with E-state index in [1.165, 1.54) is 12.1 Å². The Morgan fingerprint density at radius 2 is 1.75 bits per heavy atom. The fourth-order valence-corrected chi connectivity index (χ4v) is 4.71. The van der Waals surface area contributed by atoms with Crippen molar-refractivity contribution in [1.82, 2.24) is 9.80 Å². The molecule has 5 rings (SSSR count). The summed E-state index contributed by atoms with van der Waals surface area (Å²) >= 11 is 0. The average Bonchev–Trinajstić information content (AvgIpc) is 3.42. The molecule has 0 saturated heterocycles. The number of carboxylic acid groups (broad SMARTS) is 1. The zero-order chi connectivity index (χ0) is 25.4. The van der Waals surface area contributed by atoms with Crippen LogP contribution in [-0.2, 0) is 22.7 Å². The van der Waals surface area contributed by atoms with Gasteiger partial charge in [-0.1, -0.05) is 42.5 Å². The van der Waals surface area contributed by atoms with E-state index in [0.717, 1.165) is 16.7 Å². The fourth-order valence-electron chi connectivity index (χ4n) is 4.71. The molecule has 2 amide bonds. The van der Waals surface area contributed by atoms with Gasteiger partial charge in [0.2, 0.25) is 11.8 Å². The summed E-state index contributed by atoms with van der Waals surface area (Å²) in [5.41, 5.74) is 5.49. The van der Waals surface area contributed by atoms with Crippen LogP contribution in [0.5, 0.6) is 0 Å². The van der Waals surface area contributed by atoms with Crippen molar-refractivity contribution in [2.24, 2.45) is 4.99 Å². The number of nitrogens with one attached hydrogen (secondary N) is 1. The molecule has 0 aromatic heterocycles. The summed E-state index contributed by atoms with van der Waals surface area (Å²) in [6, 6.07) is 20.0. The topological polar surface area (TPSA) is 102 Å². The van der Waals surface area contributed by atoms with E-state index in [1.54, 1.807) is 6.07 Å². The zero-order valence-electron chi connectivity index (χ0n) is 20.1. The molecule has 3 aromatic rings. The van der Waals surface area contributed by atoms with Gasteiger partial charge in [-0.25, -0.2) is 4.79 Å². The van der Waals surface area contributed by atoms with Gasteiger partial charge in [-0.15, -0.1) is 0 Å². The molecule has 2 aliphatic heterocycles. The third kappa shape index (κ3) is 4.50. The number of amides is 2. The molecule has 0 saturated carbocycles. The summed E-state index contributed by atoms with van der Waals surface area (Å²) < 4.78 is 0. The van der Waals surface area contributed by atoms with Gasteiger partial charge in [0.1, 0.15) is 5.92 Å². The summed E-state index contributed by atoms with van der Waals surface area (Å²) in [6.07, 6.45) is 0. The number of fused-ring (bicyclic) bond motifs is 2. The highest BCUT2D eigenvalue weighted by molar-refractivity contribution is 6.24. The fraction of sp³-hybridized carbons (Fsp3) is 0.214. The molecular weight excluding hydrogens is 456 g/mol. The zero-order valence-corrected chi connectivity index (χ0v) is 20.1. The summed E-state index contributed by atoms with van der Waals surface area (Å²) in [5.74, 6) is -1.91. The van der Waals surface area contributed by atoms with Crippen molar-refractivity contribution >= 4 is 34.9 Å². The van der Waals surface area contributed by atoms with Crippen molar-refractivity contribution in [3.63, 3.8) is 0 Å². The van der Waals surface area contributed by atoms with E-state index < -0.39 is 11.9 Å². The number of carbonyl (C=O) groups is 3. The first-order valence-corrected chi connectivity index (χ1v) is 11.7. The predicted molar refractivity (Wildman–Crippen MR) is 137 cm³/mol. The maximum absolute atomic E-state index is 13.1. The molecule has 8 nitrogen and oxygen atoms in total. The number of carbonyl (C=O) groups excluding carboxylic acids is 2. The Kier molecular flexibility index (Phi) is 6.12. The first-order valence-electron chi connectivity index (χ1n) is 11.7. The van der Waals surface area contributed by atoms with Gasteiger partial charge in [-0.05, 0) is 60.6 Å². The van der Waals surface area contributed by atoms with E-state index in [1.807, 2.05) is 72.4 Å². The molecule has 1 unspecified atom stereocenters. The normalized spacial score (nSPS) is 16.6. The molecule has 2 N–H and O–H groups in total. The number of benzene rings is 3. The van der Waals surface area contributed by atoms with Crippen LogP contribution in [0.2, 0.25) is 0 Å². The lowest BCUT2D eigenvalue weighted by molar-refractivity contribution is -0.132. The average molecular weight is 483 g/mol. The Labute approximate surface area is 208 Å². The third-order valence-corrected chi connectivity index (χ3v) is 6.44. The van der Waals surface area contributed by atoms with E-state index in [9.17, 15) is 19.5 Å². The van der Waals surface area contributed by atoms with E-state index in [-0.39, 0.29) is 17.4 Å². The molecule has 182 valence electrons. The summed E-state index contributed by atoms with van der Waals surface area (Å²) in [6.45, 7) is 1.45. The number of nitrogens with zero attached hydrogens (tertiary/aromatic N) is 3. The van der Waals surface area contributed by atoms with E-state index >= 15 is 0 Å². The van der Waals surface area contributed by atoms with Gasteiger partial charge < -0.3 is 20.2 Å². The van der Waals surface area contributed by atoms with E-state index in [4.69, 9.17) is 4.99 Å². The SMILES string of the molecule is CN(C)CC(=O)N1Cc2ccc(N=C(c3ccccc3)C3C(=O)Nc4cc(C(=O)O)ccc43)cc2C1. The maximum atomic E-state index is 13.1. The Bertz CT molecular complexity index is 1400. The standard InChI is InChI=1S/C28H26N4O4/c1-31(2)16-24(33)32-14-19-8-10-21(12-20(19)15-32)29-26(17-6-4-3-5-7-17)25-22-11-9-18(28(35)36)13-23(22)30-27(25)34/h3-13,25H,14-16H2,1-2H3,(H,30,34)(H,35,36). The molecule has 2 aliphatic rings. The lowest BCUT2D eigenvalue weighted by atomic mass is 9.90. The molecule has 8 heteroatoms. The first kappa shape index (κ1) is 23.4. The Morgan fingerprint density at radius 3 is 2.47 bits per heavy atom. The van der Waals surface area contributed by atoms with Gasteiger partial charge in [0.25, 0.3) is 0 Å². The smallest absolute Gasteiger partial charge is 0.335 e. The Balaban J connectivity index is 1.52. The number of likely N-dealkylation sites (N-methyl/N-ethyl adjacent to an activating group) is 1. The minimum Gasteiger partial charge on any atom is -0.478 e. The van der Waals surface area contributed by atoms with Gasteiger partial charge in [0.15, 0.2) is 0 Å². The lowest BCUT2D eigenvalue weighted by Gasteiger charge is -2.18. The Hall–Kier alpha value is -4.30. The van der Waals surface area contributed by atoms with Gasteiger partial charge in [0.05, 0.1) is 23.5 Å². The van der Waals surface area contributed by atoms with Crippen LogP contribution in [0.15, 0.2) is 71.7 Å². The van der Waals surface area contributed by atoms with Crippen LogP contribution in [0, 0.1) is 0 Å². The highest BCUT2D eigenvalue weighted by atomic mass is 16.4. The molecule has 0 bridgehead atoms. The number of hydrogen-bond donors (Lipinski definition) is 2. The first-order chi connectivity index (χ1) is 17.3.